The Morgan fingerprint density at radius 1 is 0.444 bits per heavy atom. The number of ketones is 2. The summed E-state index contributed by atoms with van der Waals surface area (Å²) < 4.78 is 0. The molecule has 0 amide bonds. The summed E-state index contributed by atoms with van der Waals surface area (Å²) in [5.41, 5.74) is 9.50. The summed E-state index contributed by atoms with van der Waals surface area (Å²) in [7, 11) is 0. The van der Waals surface area contributed by atoms with Crippen LogP contribution in [0.3, 0.4) is 0 Å². The molecule has 4 aromatic carbocycles. The first-order valence-corrected chi connectivity index (χ1v) is 16.0. The van der Waals surface area contributed by atoms with E-state index in [1.807, 2.05) is 52.0 Å². The van der Waals surface area contributed by atoms with Gasteiger partial charge in [-0.2, -0.15) is 0 Å². The van der Waals surface area contributed by atoms with Crippen molar-refractivity contribution in [1.82, 2.24) is 0 Å². The van der Waals surface area contributed by atoms with Crippen LogP contribution in [0.1, 0.15) is 48.6 Å². The average molecular weight is 601 g/mol. The van der Waals surface area contributed by atoms with E-state index in [1.165, 1.54) is 21.5 Å². The van der Waals surface area contributed by atoms with Gasteiger partial charge in [-0.25, -0.2) is 0 Å². The third-order valence-electron chi connectivity index (χ3n) is 8.71. The van der Waals surface area contributed by atoms with Crippen LogP contribution >= 0.6 is 11.3 Å². The van der Waals surface area contributed by atoms with Crippen LogP contribution in [-0.2, 0) is 9.59 Å². The molecule has 0 radical (unpaired) electrons. The summed E-state index contributed by atoms with van der Waals surface area (Å²) in [6.07, 6.45) is 8.11. The molecule has 7 rings (SSSR count). The van der Waals surface area contributed by atoms with Gasteiger partial charge in [-0.1, -0.05) is 84.9 Å². The maximum absolute atomic E-state index is 12.8. The third kappa shape index (κ3) is 5.09. The Labute approximate surface area is 267 Å². The summed E-state index contributed by atoms with van der Waals surface area (Å²) >= 11 is 1.75. The highest BCUT2D eigenvalue weighted by molar-refractivity contribution is 7.14. The van der Waals surface area contributed by atoms with Crippen molar-refractivity contribution in [2.75, 3.05) is 0 Å². The van der Waals surface area contributed by atoms with Crippen molar-refractivity contribution in [3.8, 4) is 0 Å². The number of carbonyl (C=O) groups is 2. The maximum Gasteiger partial charge on any atom is 0.184 e. The Kier molecular flexibility index (Phi) is 7.27. The average Bonchev–Trinajstić information content (AvgIpc) is 3.52. The van der Waals surface area contributed by atoms with E-state index < -0.39 is 0 Å². The second kappa shape index (κ2) is 11.4. The molecule has 0 spiro atoms. The molecule has 3 heteroatoms. The molecule has 2 aliphatic rings. The Morgan fingerprint density at radius 2 is 0.800 bits per heavy atom. The fourth-order valence-electron chi connectivity index (χ4n) is 6.54. The SMILES string of the molecule is CC1=CC(=C(c2ccc(C(=C3C=C(C)C(=O)C(C)=C3)c3cccc4ccccc34)s2)c2cccc3ccccc23)C=C(C)C1=O. The molecule has 0 atom stereocenters. The van der Waals surface area contributed by atoms with E-state index in [1.54, 1.807) is 11.3 Å². The van der Waals surface area contributed by atoms with Crippen LogP contribution in [0.2, 0.25) is 0 Å². The summed E-state index contributed by atoms with van der Waals surface area (Å²) in [6, 6.07) is 34.2. The molecule has 0 fully saturated rings. The molecule has 2 nitrogen and oxygen atoms in total. The first-order chi connectivity index (χ1) is 21.8. The first-order valence-electron chi connectivity index (χ1n) is 15.2. The van der Waals surface area contributed by atoms with Crippen LogP contribution in [0.25, 0.3) is 32.7 Å². The Balaban J connectivity index is 1.52. The number of carbonyl (C=O) groups excluding carboxylic acids is 2. The summed E-state index contributed by atoms with van der Waals surface area (Å²) in [5, 5.41) is 4.68. The standard InChI is InChI=1S/C42H32O2S/c1-25-21-31(22-26(2)41(25)43)39(35-17-9-13-29-11-5-7-15-33(29)35)37-19-20-38(45-37)40(32-23-27(3)42(44)28(4)24-32)36-18-10-14-30-12-6-8-16-34(30)36/h5-24H,1-4H3. The number of allylic oxidation sites excluding steroid dienone is 10. The molecule has 0 aliphatic heterocycles. The summed E-state index contributed by atoms with van der Waals surface area (Å²) in [6.45, 7) is 7.60. The van der Waals surface area contributed by atoms with Crippen molar-refractivity contribution in [2.45, 2.75) is 27.7 Å². The van der Waals surface area contributed by atoms with E-state index >= 15 is 0 Å². The van der Waals surface area contributed by atoms with Gasteiger partial charge >= 0.3 is 0 Å². The fraction of sp³-hybridized carbons (Fsp3) is 0.0952. The minimum atomic E-state index is 0.0852. The molecular formula is C42H32O2S. The van der Waals surface area contributed by atoms with Gasteiger partial charge in [-0.05, 0) is 130 Å². The van der Waals surface area contributed by atoms with E-state index in [-0.39, 0.29) is 11.6 Å². The lowest BCUT2D eigenvalue weighted by Crippen LogP contribution is -2.07. The number of fused-ring (bicyclic) bond motifs is 2. The highest BCUT2D eigenvalue weighted by Crippen LogP contribution is 2.43. The highest BCUT2D eigenvalue weighted by atomic mass is 32.1. The van der Waals surface area contributed by atoms with Crippen LogP contribution in [0, 0.1) is 0 Å². The van der Waals surface area contributed by atoms with Gasteiger partial charge in [0.25, 0.3) is 0 Å². The topological polar surface area (TPSA) is 34.1 Å². The zero-order chi connectivity index (χ0) is 31.2. The number of thiophene rings is 1. The minimum absolute atomic E-state index is 0.0852. The third-order valence-corrected chi connectivity index (χ3v) is 9.83. The number of Topliss-reactive ketones (excluding diaryl/α,β-unsaturated/α-hetero) is 2. The van der Waals surface area contributed by atoms with Crippen LogP contribution in [-0.4, -0.2) is 11.6 Å². The van der Waals surface area contributed by atoms with Gasteiger partial charge < -0.3 is 0 Å². The Hall–Kier alpha value is -5.12. The van der Waals surface area contributed by atoms with Crippen molar-refractivity contribution in [3.63, 3.8) is 0 Å². The quantitative estimate of drug-likeness (QED) is 0.206. The van der Waals surface area contributed by atoms with Crippen LogP contribution < -0.4 is 0 Å². The molecule has 5 aromatic rings. The lowest BCUT2D eigenvalue weighted by atomic mass is 9.87. The van der Waals surface area contributed by atoms with Gasteiger partial charge in [0.1, 0.15) is 0 Å². The molecule has 0 N–H and O–H groups in total. The van der Waals surface area contributed by atoms with Gasteiger partial charge in [-0.15, -0.1) is 11.3 Å². The molecule has 2 aliphatic carbocycles. The number of hydrogen-bond acceptors (Lipinski definition) is 3. The predicted octanol–water partition coefficient (Wildman–Crippen LogP) is 10.6. The van der Waals surface area contributed by atoms with Gasteiger partial charge in [0.15, 0.2) is 11.6 Å². The normalized spacial score (nSPS) is 15.2. The van der Waals surface area contributed by atoms with Gasteiger partial charge in [0.05, 0.1) is 0 Å². The monoisotopic (exact) mass is 600 g/mol. The van der Waals surface area contributed by atoms with E-state index in [2.05, 4.69) is 97.1 Å². The van der Waals surface area contributed by atoms with E-state index in [0.717, 1.165) is 65.5 Å². The maximum atomic E-state index is 12.8. The Bertz CT molecular complexity index is 2060. The van der Waals surface area contributed by atoms with E-state index in [9.17, 15) is 9.59 Å². The van der Waals surface area contributed by atoms with Gasteiger partial charge in [0, 0.05) is 20.9 Å². The summed E-state index contributed by atoms with van der Waals surface area (Å²) in [5.74, 6) is 0.170. The lowest BCUT2D eigenvalue weighted by Gasteiger charge is -2.18. The molecule has 1 heterocycles. The van der Waals surface area contributed by atoms with Crippen LogP contribution in [0.5, 0.6) is 0 Å². The van der Waals surface area contributed by atoms with Gasteiger partial charge in [-0.3, -0.25) is 9.59 Å². The molecule has 0 saturated heterocycles. The van der Waals surface area contributed by atoms with Crippen molar-refractivity contribution in [1.29, 1.82) is 0 Å². The molecule has 0 saturated carbocycles. The van der Waals surface area contributed by atoms with Crippen molar-refractivity contribution < 1.29 is 9.59 Å². The highest BCUT2D eigenvalue weighted by Gasteiger charge is 2.23. The molecule has 218 valence electrons. The van der Waals surface area contributed by atoms with Crippen LogP contribution in [0.4, 0.5) is 0 Å². The first kappa shape index (κ1) is 28.6. The van der Waals surface area contributed by atoms with Crippen molar-refractivity contribution in [2.24, 2.45) is 0 Å². The fourth-order valence-corrected chi connectivity index (χ4v) is 7.71. The Morgan fingerprint density at radius 3 is 1.20 bits per heavy atom. The molecule has 0 bridgehead atoms. The van der Waals surface area contributed by atoms with Gasteiger partial charge in [0.2, 0.25) is 0 Å². The van der Waals surface area contributed by atoms with Crippen molar-refractivity contribution >= 4 is 55.6 Å². The smallest absolute Gasteiger partial charge is 0.184 e. The van der Waals surface area contributed by atoms with Crippen molar-refractivity contribution in [3.05, 3.63) is 176 Å². The number of hydrogen-bond donors (Lipinski definition) is 0. The second-order valence-electron chi connectivity index (χ2n) is 11.8. The predicted molar refractivity (Wildman–Crippen MR) is 189 cm³/mol. The van der Waals surface area contributed by atoms with E-state index in [0.29, 0.717) is 0 Å². The van der Waals surface area contributed by atoms with E-state index in [4.69, 9.17) is 0 Å². The molecule has 1 aromatic heterocycles. The molecular weight excluding hydrogens is 569 g/mol. The number of benzene rings is 4. The second-order valence-corrected chi connectivity index (χ2v) is 12.9. The summed E-state index contributed by atoms with van der Waals surface area (Å²) in [4.78, 5) is 27.8. The minimum Gasteiger partial charge on any atom is -0.289 e. The van der Waals surface area contributed by atoms with Crippen LogP contribution in [0.15, 0.2) is 155 Å². The lowest BCUT2D eigenvalue weighted by molar-refractivity contribution is -0.113. The zero-order valence-corrected chi connectivity index (χ0v) is 26.6. The number of rotatable bonds is 4. The largest absolute Gasteiger partial charge is 0.289 e. The zero-order valence-electron chi connectivity index (χ0n) is 25.8. The molecule has 0 unspecified atom stereocenters. The molecule has 45 heavy (non-hydrogen) atoms.